The summed E-state index contributed by atoms with van der Waals surface area (Å²) in [6.07, 6.45) is -0.990. The molecule has 3 N–H and O–H groups in total. The monoisotopic (exact) mass is 423 g/mol. The summed E-state index contributed by atoms with van der Waals surface area (Å²) in [6.45, 7) is 3.91. The van der Waals surface area contributed by atoms with Crippen LogP contribution in [0, 0.1) is 6.92 Å². The van der Waals surface area contributed by atoms with Crippen molar-refractivity contribution in [3.8, 4) is 5.75 Å². The average molecular weight is 424 g/mol. The number of hydrogen-bond donors (Lipinski definition) is 2. The van der Waals surface area contributed by atoms with Crippen LogP contribution in [0.2, 0.25) is 5.02 Å². The van der Waals surface area contributed by atoms with E-state index in [1.54, 1.807) is 12.1 Å². The van der Waals surface area contributed by atoms with E-state index in [4.69, 9.17) is 22.1 Å². The molecule has 1 aromatic heterocycles. The fourth-order valence-corrected chi connectivity index (χ4v) is 3.54. The Morgan fingerprint density at radius 3 is 2.55 bits per heavy atom. The number of amides is 1. The Morgan fingerprint density at radius 1 is 1.24 bits per heavy atom. The number of carboxylic acid groups (broad SMARTS) is 1. The van der Waals surface area contributed by atoms with E-state index in [9.17, 15) is 14.7 Å². The van der Waals surface area contributed by atoms with Gasteiger partial charge >= 0.3 is 5.97 Å². The summed E-state index contributed by atoms with van der Waals surface area (Å²) in [6, 6.07) is 13.0. The maximum absolute atomic E-state index is 11.7. The van der Waals surface area contributed by atoms with Gasteiger partial charge in [-0.3, -0.25) is 4.79 Å². The molecule has 147 valence electrons. The first-order chi connectivity index (χ1) is 13.3. The number of ether oxygens (including phenoxy) is 1. The van der Waals surface area contributed by atoms with Gasteiger partial charge in [-0.15, -0.1) is 0 Å². The standard InChI is InChI=1S/C21H21ClN2O4.Na/c1-12-16(10-19(23)25)20-17(7-4-8-18(20)28-13(2)21(26)27)24(12)11-14-5-3-6-15(22)9-14;/h3-9,13H,10-11H2,1-2H3,(H2,23,25)(H,26,27);. The third-order valence-corrected chi connectivity index (χ3v) is 4.91. The second-order valence-electron chi connectivity index (χ2n) is 6.67. The van der Waals surface area contributed by atoms with Crippen molar-refractivity contribution in [1.82, 2.24) is 4.57 Å². The Balaban J connectivity index is 0.00000300. The first-order valence-electron chi connectivity index (χ1n) is 8.80. The fraction of sp³-hybridized carbons (Fsp3) is 0.238. The maximum Gasteiger partial charge on any atom is 0.344 e. The van der Waals surface area contributed by atoms with Gasteiger partial charge in [0.1, 0.15) is 5.75 Å². The van der Waals surface area contributed by atoms with Gasteiger partial charge in [0.15, 0.2) is 6.10 Å². The van der Waals surface area contributed by atoms with Crippen LogP contribution in [0.1, 0.15) is 23.7 Å². The molecule has 3 rings (SSSR count). The van der Waals surface area contributed by atoms with Crippen LogP contribution in [0.5, 0.6) is 5.75 Å². The summed E-state index contributed by atoms with van der Waals surface area (Å²) >= 11 is 6.11. The van der Waals surface area contributed by atoms with Crippen LogP contribution >= 0.6 is 11.6 Å². The number of hydrogen-bond acceptors (Lipinski definition) is 3. The third-order valence-electron chi connectivity index (χ3n) is 4.67. The van der Waals surface area contributed by atoms with Crippen LogP contribution in [-0.4, -0.2) is 57.2 Å². The van der Waals surface area contributed by atoms with Gasteiger partial charge in [-0.2, -0.15) is 0 Å². The zero-order valence-corrected chi connectivity index (χ0v) is 19.4. The van der Waals surface area contributed by atoms with Gasteiger partial charge in [-0.05, 0) is 49.2 Å². The average Bonchev–Trinajstić information content (AvgIpc) is 2.88. The molecule has 1 radical (unpaired) electrons. The molecule has 0 aliphatic rings. The molecule has 1 atom stereocenters. The molecular weight excluding hydrogens is 403 g/mol. The Morgan fingerprint density at radius 2 is 1.93 bits per heavy atom. The molecule has 0 aliphatic heterocycles. The number of nitrogens with zero attached hydrogens (tertiary/aromatic N) is 1. The molecule has 8 heteroatoms. The normalized spacial score (nSPS) is 11.7. The molecule has 0 saturated carbocycles. The molecular formula is C21H21ClN2NaO4. The minimum Gasteiger partial charge on any atom is -0.479 e. The summed E-state index contributed by atoms with van der Waals surface area (Å²) < 4.78 is 7.72. The molecule has 0 spiro atoms. The van der Waals surface area contributed by atoms with E-state index in [-0.39, 0.29) is 36.0 Å². The topological polar surface area (TPSA) is 94.6 Å². The zero-order valence-electron chi connectivity index (χ0n) is 16.6. The summed E-state index contributed by atoms with van der Waals surface area (Å²) in [5.74, 6) is -1.12. The smallest absolute Gasteiger partial charge is 0.344 e. The second-order valence-corrected chi connectivity index (χ2v) is 7.11. The van der Waals surface area contributed by atoms with Crippen molar-refractivity contribution in [3.63, 3.8) is 0 Å². The van der Waals surface area contributed by atoms with Gasteiger partial charge in [0.25, 0.3) is 0 Å². The minimum atomic E-state index is -1.07. The number of aromatic nitrogens is 1. The maximum atomic E-state index is 11.7. The van der Waals surface area contributed by atoms with Crippen LogP contribution in [-0.2, 0) is 22.6 Å². The number of carbonyl (C=O) groups is 2. The van der Waals surface area contributed by atoms with Gasteiger partial charge in [0.05, 0.1) is 11.9 Å². The summed E-state index contributed by atoms with van der Waals surface area (Å²) in [5.41, 5.74) is 8.91. The number of benzene rings is 2. The number of fused-ring (bicyclic) bond motifs is 1. The van der Waals surface area contributed by atoms with Crippen molar-refractivity contribution < 1.29 is 19.4 Å². The first-order valence-corrected chi connectivity index (χ1v) is 9.18. The van der Waals surface area contributed by atoms with E-state index in [1.165, 1.54) is 6.92 Å². The number of aliphatic carboxylic acids is 1. The minimum absolute atomic E-state index is 0. The molecule has 0 bridgehead atoms. The van der Waals surface area contributed by atoms with Crippen LogP contribution in [0.25, 0.3) is 10.9 Å². The fourth-order valence-electron chi connectivity index (χ4n) is 3.32. The predicted octanol–water partition coefficient (Wildman–Crippen LogP) is 3.15. The van der Waals surface area contributed by atoms with Crippen LogP contribution in [0.15, 0.2) is 42.5 Å². The number of rotatable bonds is 7. The zero-order chi connectivity index (χ0) is 20.4. The summed E-state index contributed by atoms with van der Waals surface area (Å²) in [5, 5.41) is 10.5. The van der Waals surface area contributed by atoms with Gasteiger partial charge in [0.2, 0.25) is 5.91 Å². The van der Waals surface area contributed by atoms with Gasteiger partial charge < -0.3 is 20.1 Å². The molecule has 3 aromatic rings. The van der Waals surface area contributed by atoms with Crippen molar-refractivity contribution >= 4 is 63.9 Å². The molecule has 6 nitrogen and oxygen atoms in total. The number of halogens is 1. The Kier molecular flexibility index (Phi) is 7.77. The van der Waals surface area contributed by atoms with Crippen molar-refractivity contribution in [2.75, 3.05) is 0 Å². The van der Waals surface area contributed by atoms with Gasteiger partial charge in [-0.25, -0.2) is 4.79 Å². The van der Waals surface area contributed by atoms with Crippen molar-refractivity contribution in [2.45, 2.75) is 32.9 Å². The van der Waals surface area contributed by atoms with Crippen molar-refractivity contribution in [2.24, 2.45) is 5.73 Å². The number of carbonyl (C=O) groups excluding carboxylic acids is 1. The van der Waals surface area contributed by atoms with E-state index >= 15 is 0 Å². The molecule has 1 heterocycles. The SMILES string of the molecule is Cc1c(CC(N)=O)c2c(OC(C)C(=O)O)cccc2n1Cc1cccc(Cl)c1.[Na]. The molecule has 1 unspecified atom stereocenters. The molecule has 0 fully saturated rings. The van der Waals surface area contributed by atoms with E-state index in [1.807, 2.05) is 37.3 Å². The van der Waals surface area contributed by atoms with Crippen LogP contribution in [0.4, 0.5) is 0 Å². The summed E-state index contributed by atoms with van der Waals surface area (Å²) in [4.78, 5) is 22.9. The molecule has 29 heavy (non-hydrogen) atoms. The van der Waals surface area contributed by atoms with Crippen molar-refractivity contribution in [1.29, 1.82) is 0 Å². The number of primary amides is 1. The van der Waals surface area contributed by atoms with E-state index in [0.29, 0.717) is 22.7 Å². The Bertz CT molecular complexity index is 1060. The number of carboxylic acids is 1. The Labute approximate surface area is 195 Å². The quantitative estimate of drug-likeness (QED) is 0.571. The second kappa shape index (κ2) is 9.67. The van der Waals surface area contributed by atoms with Gasteiger partial charge in [0, 0.05) is 52.2 Å². The molecule has 0 saturated heterocycles. The molecule has 0 aliphatic carbocycles. The van der Waals surface area contributed by atoms with Crippen molar-refractivity contribution in [3.05, 3.63) is 64.3 Å². The van der Waals surface area contributed by atoms with Crippen LogP contribution < -0.4 is 10.5 Å². The van der Waals surface area contributed by atoms with Crippen LogP contribution in [0.3, 0.4) is 0 Å². The molecule has 2 aromatic carbocycles. The van der Waals surface area contributed by atoms with E-state index < -0.39 is 18.0 Å². The predicted molar refractivity (Wildman–Crippen MR) is 114 cm³/mol. The first kappa shape index (κ1) is 23.3. The van der Waals surface area contributed by atoms with E-state index in [2.05, 4.69) is 4.57 Å². The summed E-state index contributed by atoms with van der Waals surface area (Å²) in [7, 11) is 0. The molecule has 1 amide bonds. The Hall–Kier alpha value is -1.99. The third kappa shape index (κ3) is 5.14. The number of nitrogens with two attached hydrogens (primary N) is 1. The largest absolute Gasteiger partial charge is 0.479 e. The van der Waals surface area contributed by atoms with Gasteiger partial charge in [-0.1, -0.05) is 29.8 Å². The van der Waals surface area contributed by atoms with E-state index in [0.717, 1.165) is 22.3 Å².